The van der Waals surface area contributed by atoms with Gasteiger partial charge in [0.15, 0.2) is 5.96 Å². The standard InChI is InChI=1S/C26H33N5O5/c1-30-16-25(34)31(17-24(30)33)15-19-4-8-20(9-5-19)21-10-6-18(7-11-23(32)29-26(27)28)14-22(21)36-13-3-12-35-2/h4-6,8-10,14H,3,7,11-13,15-17H2,1-2H3,(H4,27,28,29,32). The van der Waals surface area contributed by atoms with Crippen LogP contribution in [0.1, 0.15) is 24.0 Å². The first kappa shape index (κ1) is 26.7. The molecule has 10 nitrogen and oxygen atoms in total. The van der Waals surface area contributed by atoms with Crippen LogP contribution in [0.25, 0.3) is 11.1 Å². The maximum Gasteiger partial charge on any atom is 0.242 e. The Morgan fingerprint density at radius 2 is 1.78 bits per heavy atom. The fourth-order valence-corrected chi connectivity index (χ4v) is 3.85. The smallest absolute Gasteiger partial charge is 0.242 e. The van der Waals surface area contributed by atoms with Crippen molar-refractivity contribution in [2.75, 3.05) is 40.5 Å². The molecular formula is C26H33N5O5. The number of nitrogens with one attached hydrogen (secondary N) is 2. The summed E-state index contributed by atoms with van der Waals surface area (Å²) in [6.07, 6.45) is 1.41. The molecule has 1 saturated heterocycles. The van der Waals surface area contributed by atoms with E-state index in [1.54, 1.807) is 19.1 Å². The van der Waals surface area contributed by atoms with Crippen molar-refractivity contribution in [2.24, 2.45) is 5.73 Å². The Hall–Kier alpha value is -3.92. The fourth-order valence-electron chi connectivity index (χ4n) is 3.85. The number of benzene rings is 2. The number of hydrogen-bond donors (Lipinski definition) is 3. The molecule has 0 aliphatic carbocycles. The van der Waals surface area contributed by atoms with E-state index in [0.717, 1.165) is 28.7 Å². The lowest BCUT2D eigenvalue weighted by Gasteiger charge is -2.31. The van der Waals surface area contributed by atoms with E-state index < -0.39 is 0 Å². The van der Waals surface area contributed by atoms with Crippen LogP contribution in [-0.4, -0.2) is 73.9 Å². The van der Waals surface area contributed by atoms with Gasteiger partial charge in [0.25, 0.3) is 0 Å². The fraction of sp³-hybridized carbons (Fsp3) is 0.385. The number of methoxy groups -OCH3 is 1. The van der Waals surface area contributed by atoms with E-state index in [0.29, 0.717) is 31.9 Å². The number of likely N-dealkylation sites (N-methyl/N-ethyl adjacent to an activating group) is 1. The number of ether oxygens (including phenoxy) is 2. The number of amides is 3. The van der Waals surface area contributed by atoms with Crippen LogP contribution in [0.4, 0.5) is 0 Å². The van der Waals surface area contributed by atoms with Gasteiger partial charge >= 0.3 is 0 Å². The number of guanidine groups is 1. The Morgan fingerprint density at radius 1 is 1.06 bits per heavy atom. The zero-order valence-corrected chi connectivity index (χ0v) is 20.7. The van der Waals surface area contributed by atoms with E-state index in [1.807, 2.05) is 42.5 Å². The van der Waals surface area contributed by atoms with Gasteiger partial charge in [-0.25, -0.2) is 0 Å². The highest BCUT2D eigenvalue weighted by Crippen LogP contribution is 2.32. The van der Waals surface area contributed by atoms with Crippen LogP contribution in [0, 0.1) is 5.41 Å². The van der Waals surface area contributed by atoms with Gasteiger partial charge < -0.3 is 25.0 Å². The van der Waals surface area contributed by atoms with Gasteiger partial charge in [-0.15, -0.1) is 0 Å². The van der Waals surface area contributed by atoms with Gasteiger partial charge in [0, 0.05) is 45.7 Å². The minimum atomic E-state index is -0.371. The first-order valence-electron chi connectivity index (χ1n) is 11.8. The average Bonchev–Trinajstić information content (AvgIpc) is 2.84. The molecule has 0 unspecified atom stereocenters. The van der Waals surface area contributed by atoms with Gasteiger partial charge in [-0.05, 0) is 29.2 Å². The van der Waals surface area contributed by atoms with Gasteiger partial charge in [-0.3, -0.25) is 25.1 Å². The Balaban J connectivity index is 1.73. The van der Waals surface area contributed by atoms with Crippen LogP contribution in [0.3, 0.4) is 0 Å². The second kappa shape index (κ2) is 12.7. The number of nitrogens with zero attached hydrogens (tertiary/aromatic N) is 2. The predicted molar refractivity (Wildman–Crippen MR) is 135 cm³/mol. The number of aryl methyl sites for hydroxylation is 1. The average molecular weight is 496 g/mol. The molecule has 0 atom stereocenters. The van der Waals surface area contributed by atoms with Crippen molar-refractivity contribution < 1.29 is 23.9 Å². The largest absolute Gasteiger partial charge is 0.493 e. The van der Waals surface area contributed by atoms with Crippen molar-refractivity contribution in [3.05, 3.63) is 53.6 Å². The van der Waals surface area contributed by atoms with Gasteiger partial charge in [0.05, 0.1) is 13.2 Å². The summed E-state index contributed by atoms with van der Waals surface area (Å²) in [5, 5.41) is 9.46. The van der Waals surface area contributed by atoms with Crippen molar-refractivity contribution in [3.8, 4) is 16.9 Å². The molecule has 0 aromatic heterocycles. The molecule has 0 radical (unpaired) electrons. The van der Waals surface area contributed by atoms with E-state index in [4.69, 9.17) is 20.6 Å². The Kier molecular flexibility index (Phi) is 9.40. The number of carbonyl (C=O) groups excluding carboxylic acids is 3. The quantitative estimate of drug-likeness (QED) is 0.245. The van der Waals surface area contributed by atoms with E-state index in [1.165, 1.54) is 4.90 Å². The Morgan fingerprint density at radius 3 is 2.47 bits per heavy atom. The SMILES string of the molecule is COCCCOc1cc(CCC(=O)NC(=N)N)ccc1-c1ccc(CN2CC(=O)N(C)CC2=O)cc1. The van der Waals surface area contributed by atoms with Crippen LogP contribution < -0.4 is 15.8 Å². The van der Waals surface area contributed by atoms with Crippen LogP contribution in [-0.2, 0) is 32.1 Å². The third-order valence-electron chi connectivity index (χ3n) is 5.83. The van der Waals surface area contributed by atoms with Crippen molar-refractivity contribution >= 4 is 23.7 Å². The third kappa shape index (κ3) is 7.54. The van der Waals surface area contributed by atoms with Crippen LogP contribution in [0.15, 0.2) is 42.5 Å². The van der Waals surface area contributed by atoms with Gasteiger partial charge in [0.1, 0.15) is 12.3 Å². The number of carbonyl (C=O) groups is 3. The molecule has 0 saturated carbocycles. The molecule has 1 aliphatic heterocycles. The second-order valence-electron chi connectivity index (χ2n) is 8.68. The molecule has 36 heavy (non-hydrogen) atoms. The third-order valence-corrected chi connectivity index (χ3v) is 5.83. The van der Waals surface area contributed by atoms with Crippen LogP contribution >= 0.6 is 0 Å². The summed E-state index contributed by atoms with van der Waals surface area (Å²) in [6, 6.07) is 13.7. The Labute approximate surface area is 210 Å². The molecule has 4 N–H and O–H groups in total. The number of rotatable bonds is 11. The molecule has 1 heterocycles. The predicted octanol–water partition coefficient (Wildman–Crippen LogP) is 1.51. The van der Waals surface area contributed by atoms with Crippen molar-refractivity contribution in [1.82, 2.24) is 15.1 Å². The first-order chi connectivity index (χ1) is 17.3. The first-order valence-corrected chi connectivity index (χ1v) is 11.8. The van der Waals surface area contributed by atoms with Gasteiger partial charge in [0.2, 0.25) is 17.7 Å². The molecule has 1 aliphatic rings. The van der Waals surface area contributed by atoms with Crippen LogP contribution in [0.5, 0.6) is 5.75 Å². The number of hydrogen-bond acceptors (Lipinski definition) is 6. The summed E-state index contributed by atoms with van der Waals surface area (Å²) in [4.78, 5) is 39.1. The molecule has 1 fully saturated rings. The summed E-state index contributed by atoms with van der Waals surface area (Å²) in [6.45, 7) is 1.63. The molecule has 3 rings (SSSR count). The molecule has 10 heteroatoms. The lowest BCUT2D eigenvalue weighted by atomic mass is 9.99. The van der Waals surface area contributed by atoms with E-state index in [2.05, 4.69) is 5.32 Å². The molecule has 2 aromatic carbocycles. The minimum Gasteiger partial charge on any atom is -0.493 e. The summed E-state index contributed by atoms with van der Waals surface area (Å²) >= 11 is 0. The molecule has 2 aromatic rings. The summed E-state index contributed by atoms with van der Waals surface area (Å²) in [5.41, 5.74) is 8.92. The zero-order valence-electron chi connectivity index (χ0n) is 20.7. The van der Waals surface area contributed by atoms with Crippen LogP contribution in [0.2, 0.25) is 0 Å². The van der Waals surface area contributed by atoms with E-state index in [9.17, 15) is 14.4 Å². The van der Waals surface area contributed by atoms with Crippen molar-refractivity contribution in [1.29, 1.82) is 5.41 Å². The van der Waals surface area contributed by atoms with E-state index >= 15 is 0 Å². The monoisotopic (exact) mass is 495 g/mol. The van der Waals surface area contributed by atoms with Crippen molar-refractivity contribution in [2.45, 2.75) is 25.8 Å². The van der Waals surface area contributed by atoms with E-state index in [-0.39, 0.29) is 43.2 Å². The Bertz CT molecular complexity index is 1100. The zero-order chi connectivity index (χ0) is 26.1. The molecule has 0 bridgehead atoms. The highest BCUT2D eigenvalue weighted by Gasteiger charge is 2.27. The second-order valence-corrected chi connectivity index (χ2v) is 8.68. The molecule has 3 amide bonds. The topological polar surface area (TPSA) is 138 Å². The van der Waals surface area contributed by atoms with Gasteiger partial charge in [-0.2, -0.15) is 0 Å². The van der Waals surface area contributed by atoms with Gasteiger partial charge in [-0.1, -0.05) is 36.4 Å². The lowest BCUT2D eigenvalue weighted by molar-refractivity contribution is -0.149. The number of nitrogens with two attached hydrogens (primary N) is 1. The summed E-state index contributed by atoms with van der Waals surface area (Å²) in [5.74, 6) is -0.126. The molecular weight excluding hydrogens is 462 g/mol. The summed E-state index contributed by atoms with van der Waals surface area (Å²) in [7, 11) is 3.28. The maximum atomic E-state index is 12.3. The minimum absolute atomic E-state index is 0.0690. The normalized spacial score (nSPS) is 13.6. The summed E-state index contributed by atoms with van der Waals surface area (Å²) < 4.78 is 11.2. The molecule has 192 valence electrons. The highest BCUT2D eigenvalue weighted by atomic mass is 16.5. The molecule has 0 spiro atoms. The highest BCUT2D eigenvalue weighted by molar-refractivity contribution is 5.94. The van der Waals surface area contributed by atoms with Crippen molar-refractivity contribution in [3.63, 3.8) is 0 Å². The maximum absolute atomic E-state index is 12.3. The lowest BCUT2D eigenvalue weighted by Crippen LogP contribution is -2.51. The number of piperazine rings is 1.